The van der Waals surface area contributed by atoms with Gasteiger partial charge in [0.1, 0.15) is 28.3 Å². The number of sulfonamides is 1. The second-order valence-corrected chi connectivity index (χ2v) is 8.84. The highest BCUT2D eigenvalue weighted by Crippen LogP contribution is 2.36. The molecule has 0 saturated carbocycles. The molecule has 0 aliphatic rings. The van der Waals surface area contributed by atoms with Gasteiger partial charge in [-0.05, 0) is 30.7 Å². The summed E-state index contributed by atoms with van der Waals surface area (Å²) >= 11 is 5.89. The van der Waals surface area contributed by atoms with Crippen LogP contribution in [-0.4, -0.2) is 25.7 Å². The lowest BCUT2D eigenvalue weighted by molar-refractivity contribution is 0.369. The molecule has 3 rings (SSSR count). The first-order chi connectivity index (χ1) is 14.5. The molecule has 2 atom stereocenters. The highest BCUT2D eigenvalue weighted by atomic mass is 35.5. The van der Waals surface area contributed by atoms with Gasteiger partial charge < -0.3 is 9.15 Å². The summed E-state index contributed by atoms with van der Waals surface area (Å²) in [6.45, 7) is 2.82. The molecule has 2 N–H and O–H groups in total. The summed E-state index contributed by atoms with van der Waals surface area (Å²) in [6, 6.07) is 4.73. The minimum Gasteiger partial charge on any atom is -0.495 e. The molecule has 2 unspecified atom stereocenters. The highest BCUT2D eigenvalue weighted by molar-refractivity contribution is 7.89. The summed E-state index contributed by atoms with van der Waals surface area (Å²) in [7, 11) is -3.08. The van der Waals surface area contributed by atoms with Crippen molar-refractivity contribution in [2.75, 3.05) is 7.11 Å². The van der Waals surface area contributed by atoms with Crippen molar-refractivity contribution < 1.29 is 26.4 Å². The van der Waals surface area contributed by atoms with Crippen molar-refractivity contribution in [2.45, 2.75) is 30.7 Å². The third-order valence-electron chi connectivity index (χ3n) is 4.69. The number of methoxy groups -OCH3 is 1. The van der Waals surface area contributed by atoms with E-state index in [1.165, 1.54) is 45.2 Å². The molecule has 12 heteroatoms. The summed E-state index contributed by atoms with van der Waals surface area (Å²) < 4.78 is 67.8. The molecule has 1 aromatic heterocycles. The standard InChI is InChI=1S/C19H18ClF2N3O5S/c1-9-4-6-12(21)15(16(9)22)10(2)17(18-23-24-19(26)30-18)25-31(27,28)14-7-5-11(20)8-13(14)29-3/h4-8,10,17,25H,1-3H3,(H,24,26). The van der Waals surface area contributed by atoms with E-state index >= 15 is 0 Å². The highest BCUT2D eigenvalue weighted by Gasteiger charge is 2.35. The molecule has 1 heterocycles. The molecule has 31 heavy (non-hydrogen) atoms. The fourth-order valence-corrected chi connectivity index (χ4v) is 4.68. The van der Waals surface area contributed by atoms with Crippen molar-refractivity contribution in [3.63, 3.8) is 0 Å². The second kappa shape index (κ2) is 8.77. The number of nitrogens with zero attached hydrogens (tertiary/aromatic N) is 1. The quantitative estimate of drug-likeness (QED) is 0.543. The Morgan fingerprint density at radius 1 is 1.26 bits per heavy atom. The van der Waals surface area contributed by atoms with Crippen LogP contribution in [0.4, 0.5) is 8.78 Å². The third-order valence-corrected chi connectivity index (χ3v) is 6.41. The molecule has 3 aromatic rings. The molecule has 166 valence electrons. The van der Waals surface area contributed by atoms with Crippen LogP contribution >= 0.6 is 11.6 Å². The van der Waals surface area contributed by atoms with Gasteiger partial charge in [0.15, 0.2) is 0 Å². The summed E-state index contributed by atoms with van der Waals surface area (Å²) in [5.74, 6) is -4.29. The molecule has 0 fully saturated rings. The number of rotatable bonds is 7. The van der Waals surface area contributed by atoms with Crippen molar-refractivity contribution in [3.05, 3.63) is 74.6 Å². The predicted molar refractivity (Wildman–Crippen MR) is 108 cm³/mol. The zero-order chi connectivity index (χ0) is 22.9. The molecular weight excluding hydrogens is 456 g/mol. The Hall–Kier alpha value is -2.76. The Labute approximate surface area is 181 Å². The Kier molecular flexibility index (Phi) is 6.48. The van der Waals surface area contributed by atoms with Crippen LogP contribution < -0.4 is 15.2 Å². The van der Waals surface area contributed by atoms with Gasteiger partial charge in [0, 0.05) is 22.6 Å². The van der Waals surface area contributed by atoms with Gasteiger partial charge in [0.2, 0.25) is 15.9 Å². The van der Waals surface area contributed by atoms with Crippen LogP contribution in [0.15, 0.2) is 44.4 Å². The van der Waals surface area contributed by atoms with E-state index in [2.05, 4.69) is 9.82 Å². The number of aryl methyl sites for hydroxylation is 1. The summed E-state index contributed by atoms with van der Waals surface area (Å²) in [4.78, 5) is 11.2. The van der Waals surface area contributed by atoms with E-state index in [-0.39, 0.29) is 26.8 Å². The number of halogens is 3. The molecule has 2 aromatic carbocycles. The van der Waals surface area contributed by atoms with Crippen LogP contribution in [0.2, 0.25) is 5.02 Å². The Bertz CT molecular complexity index is 1280. The van der Waals surface area contributed by atoms with E-state index in [0.717, 1.165) is 6.07 Å². The molecular formula is C19H18ClF2N3O5S. The number of benzene rings is 2. The molecule has 0 radical (unpaired) electrons. The number of nitrogens with one attached hydrogen (secondary N) is 2. The average molecular weight is 474 g/mol. The maximum absolute atomic E-state index is 14.7. The van der Waals surface area contributed by atoms with Gasteiger partial charge in [0.25, 0.3) is 0 Å². The first-order valence-electron chi connectivity index (χ1n) is 8.91. The largest absolute Gasteiger partial charge is 0.495 e. The lowest BCUT2D eigenvalue weighted by Crippen LogP contribution is -2.33. The van der Waals surface area contributed by atoms with Crippen molar-refractivity contribution in [1.29, 1.82) is 0 Å². The van der Waals surface area contributed by atoms with E-state index in [1.807, 2.05) is 5.10 Å². The van der Waals surface area contributed by atoms with E-state index in [9.17, 15) is 22.0 Å². The van der Waals surface area contributed by atoms with Crippen LogP contribution in [0.3, 0.4) is 0 Å². The van der Waals surface area contributed by atoms with Crippen molar-refractivity contribution in [3.8, 4) is 5.75 Å². The maximum atomic E-state index is 14.7. The number of hydrogen-bond acceptors (Lipinski definition) is 6. The Morgan fingerprint density at radius 3 is 2.58 bits per heavy atom. The zero-order valence-corrected chi connectivity index (χ0v) is 18.1. The van der Waals surface area contributed by atoms with Gasteiger partial charge in [-0.2, -0.15) is 4.72 Å². The minimum absolute atomic E-state index is 0.0530. The van der Waals surface area contributed by atoms with E-state index < -0.39 is 45.3 Å². The number of hydrogen-bond donors (Lipinski definition) is 2. The summed E-state index contributed by atoms with van der Waals surface area (Å²) in [5.41, 5.74) is -0.228. The summed E-state index contributed by atoms with van der Waals surface area (Å²) in [6.07, 6.45) is 0. The third kappa shape index (κ3) is 4.63. The lowest BCUT2D eigenvalue weighted by atomic mass is 9.91. The van der Waals surface area contributed by atoms with Gasteiger partial charge in [0.05, 0.1) is 7.11 Å². The minimum atomic E-state index is -4.34. The fraction of sp³-hybridized carbons (Fsp3) is 0.263. The molecule has 0 amide bonds. The van der Waals surface area contributed by atoms with Crippen molar-refractivity contribution in [1.82, 2.24) is 14.9 Å². The van der Waals surface area contributed by atoms with Gasteiger partial charge in [-0.15, -0.1) is 5.10 Å². The molecule has 0 aliphatic carbocycles. The van der Waals surface area contributed by atoms with Crippen LogP contribution in [-0.2, 0) is 10.0 Å². The second-order valence-electron chi connectivity index (χ2n) is 6.73. The smallest absolute Gasteiger partial charge is 0.434 e. The van der Waals surface area contributed by atoms with Crippen LogP contribution in [0.5, 0.6) is 5.75 Å². The normalized spacial score (nSPS) is 13.7. The van der Waals surface area contributed by atoms with Gasteiger partial charge in [-0.25, -0.2) is 27.1 Å². The Morgan fingerprint density at radius 2 is 1.97 bits per heavy atom. The lowest BCUT2D eigenvalue weighted by Gasteiger charge is -2.24. The molecule has 0 bridgehead atoms. The van der Waals surface area contributed by atoms with E-state index in [1.54, 1.807) is 0 Å². The topological polar surface area (TPSA) is 114 Å². The van der Waals surface area contributed by atoms with Crippen molar-refractivity contribution in [2.24, 2.45) is 0 Å². The molecule has 8 nitrogen and oxygen atoms in total. The zero-order valence-electron chi connectivity index (χ0n) is 16.6. The molecule has 0 saturated heterocycles. The SMILES string of the molecule is COc1cc(Cl)ccc1S(=O)(=O)NC(c1n[nH]c(=O)o1)C(C)c1c(F)ccc(C)c1F. The first-order valence-corrected chi connectivity index (χ1v) is 10.8. The molecule has 0 aliphatic heterocycles. The van der Waals surface area contributed by atoms with Gasteiger partial charge in [-0.1, -0.05) is 24.6 Å². The van der Waals surface area contributed by atoms with Crippen LogP contribution in [0, 0.1) is 18.6 Å². The average Bonchev–Trinajstić information content (AvgIpc) is 3.14. The van der Waals surface area contributed by atoms with Crippen LogP contribution in [0.25, 0.3) is 0 Å². The summed E-state index contributed by atoms with van der Waals surface area (Å²) in [5, 5.41) is 5.90. The first kappa shape index (κ1) is 22.9. The predicted octanol–water partition coefficient (Wildman–Crippen LogP) is 3.43. The van der Waals surface area contributed by atoms with Gasteiger partial charge in [-0.3, -0.25) is 0 Å². The number of ether oxygens (including phenoxy) is 1. The maximum Gasteiger partial charge on any atom is 0.434 e. The fourth-order valence-electron chi connectivity index (χ4n) is 3.10. The number of H-pyrrole nitrogens is 1. The van der Waals surface area contributed by atoms with E-state index in [0.29, 0.717) is 0 Å². The monoisotopic (exact) mass is 473 g/mol. The van der Waals surface area contributed by atoms with Gasteiger partial charge >= 0.3 is 5.76 Å². The number of aromatic amines is 1. The molecule has 0 spiro atoms. The van der Waals surface area contributed by atoms with E-state index in [4.69, 9.17) is 20.8 Å². The number of aromatic nitrogens is 2. The van der Waals surface area contributed by atoms with Crippen LogP contribution in [0.1, 0.15) is 35.9 Å². The Balaban J connectivity index is 2.12. The van der Waals surface area contributed by atoms with Crippen molar-refractivity contribution >= 4 is 21.6 Å².